The van der Waals surface area contributed by atoms with Gasteiger partial charge >= 0.3 is 0 Å². The fourth-order valence-corrected chi connectivity index (χ4v) is 3.08. The third kappa shape index (κ3) is 3.34. The molecular weight excluding hydrogens is 330 g/mol. The Morgan fingerprint density at radius 2 is 1.62 bits per heavy atom. The Labute approximate surface area is 152 Å². The van der Waals surface area contributed by atoms with Gasteiger partial charge in [-0.3, -0.25) is 5.10 Å². The number of aromatic nitrogens is 3. The van der Waals surface area contributed by atoms with Gasteiger partial charge in [0.05, 0.1) is 18.6 Å². The van der Waals surface area contributed by atoms with E-state index >= 15 is 0 Å². The lowest BCUT2D eigenvalue weighted by Crippen LogP contribution is -2.31. The van der Waals surface area contributed by atoms with Gasteiger partial charge < -0.3 is 14.2 Å². The van der Waals surface area contributed by atoms with Gasteiger partial charge in [0.25, 0.3) is 0 Å². The van der Waals surface area contributed by atoms with E-state index in [9.17, 15) is 0 Å². The summed E-state index contributed by atoms with van der Waals surface area (Å²) in [6, 6.07) is 17.5. The third-order valence-electron chi connectivity index (χ3n) is 4.55. The number of nitrogens with one attached hydrogen (secondary N) is 1. The van der Waals surface area contributed by atoms with Crippen molar-refractivity contribution < 1.29 is 14.2 Å². The van der Waals surface area contributed by atoms with Crippen LogP contribution in [-0.2, 0) is 21.7 Å². The smallest absolute Gasteiger partial charge is 0.202 e. The van der Waals surface area contributed by atoms with Crippen LogP contribution in [0.1, 0.15) is 25.2 Å². The largest absolute Gasteiger partial charge is 0.457 e. The molecule has 1 aromatic heterocycles. The Balaban J connectivity index is 1.60. The quantitative estimate of drug-likeness (QED) is 0.757. The Bertz CT molecular complexity index is 825. The minimum Gasteiger partial charge on any atom is -0.457 e. The molecule has 0 bridgehead atoms. The zero-order valence-electron chi connectivity index (χ0n) is 14.8. The molecule has 1 saturated heterocycles. The van der Waals surface area contributed by atoms with Crippen LogP contribution in [0.5, 0.6) is 11.5 Å². The number of nitrogens with zero attached hydrogens (tertiary/aromatic N) is 2. The number of ether oxygens (including phenoxy) is 3. The fourth-order valence-electron chi connectivity index (χ4n) is 3.08. The standard InChI is InChI=1S/C20H21N3O3/c1-14-15(2)26-20(25-14,12-19-21-13-22-23-19)16-8-10-18(11-9-16)24-17-6-4-3-5-7-17/h3-11,13-15H,12H2,1-2H3,(H,21,22,23). The van der Waals surface area contributed by atoms with Gasteiger partial charge in [-0.05, 0) is 50.2 Å². The van der Waals surface area contributed by atoms with Crippen LogP contribution in [0, 0.1) is 0 Å². The number of rotatable bonds is 5. The van der Waals surface area contributed by atoms with Crippen molar-refractivity contribution in [1.29, 1.82) is 0 Å². The minimum atomic E-state index is -0.885. The number of hydrogen-bond donors (Lipinski definition) is 1. The SMILES string of the molecule is CC1OC(Cc2ncn[nH]2)(c2ccc(Oc3ccccc3)cc2)OC1C. The van der Waals surface area contributed by atoms with Gasteiger partial charge in [0.2, 0.25) is 5.79 Å². The summed E-state index contributed by atoms with van der Waals surface area (Å²) in [6.45, 7) is 4.03. The van der Waals surface area contributed by atoms with E-state index in [1.54, 1.807) is 0 Å². The van der Waals surface area contributed by atoms with E-state index in [4.69, 9.17) is 14.2 Å². The van der Waals surface area contributed by atoms with Gasteiger partial charge in [-0.1, -0.05) is 18.2 Å². The van der Waals surface area contributed by atoms with Gasteiger partial charge in [-0.2, -0.15) is 5.10 Å². The maximum absolute atomic E-state index is 6.23. The molecule has 2 aromatic carbocycles. The van der Waals surface area contributed by atoms with Crippen molar-refractivity contribution >= 4 is 0 Å². The van der Waals surface area contributed by atoms with Gasteiger partial charge in [-0.15, -0.1) is 0 Å². The van der Waals surface area contributed by atoms with Gasteiger partial charge in [-0.25, -0.2) is 4.98 Å². The first-order chi connectivity index (χ1) is 12.6. The van der Waals surface area contributed by atoms with Gasteiger partial charge in [0.15, 0.2) is 0 Å². The lowest BCUT2D eigenvalue weighted by Gasteiger charge is -2.28. The molecule has 3 aromatic rings. The zero-order chi connectivity index (χ0) is 18.0. The van der Waals surface area contributed by atoms with Crippen LogP contribution in [0.2, 0.25) is 0 Å². The topological polar surface area (TPSA) is 69.3 Å². The van der Waals surface area contributed by atoms with Crippen molar-refractivity contribution in [3.8, 4) is 11.5 Å². The molecule has 0 spiro atoms. The molecule has 6 nitrogen and oxygen atoms in total. The summed E-state index contributed by atoms with van der Waals surface area (Å²) in [5, 5.41) is 6.81. The number of para-hydroxylation sites is 1. The molecule has 2 heterocycles. The predicted molar refractivity (Wildman–Crippen MR) is 95.8 cm³/mol. The van der Waals surface area contributed by atoms with E-state index in [2.05, 4.69) is 15.2 Å². The maximum atomic E-state index is 6.23. The molecule has 0 radical (unpaired) electrons. The first kappa shape index (κ1) is 16.8. The Morgan fingerprint density at radius 3 is 2.23 bits per heavy atom. The third-order valence-corrected chi connectivity index (χ3v) is 4.55. The van der Waals surface area contributed by atoms with E-state index < -0.39 is 5.79 Å². The second kappa shape index (κ2) is 6.90. The summed E-state index contributed by atoms with van der Waals surface area (Å²) in [6.07, 6.45) is 1.92. The van der Waals surface area contributed by atoms with Gasteiger partial charge in [0.1, 0.15) is 23.7 Å². The highest BCUT2D eigenvalue weighted by Crippen LogP contribution is 2.40. The van der Waals surface area contributed by atoms with Crippen molar-refractivity contribution in [2.24, 2.45) is 0 Å². The molecule has 1 aliphatic heterocycles. The first-order valence-corrected chi connectivity index (χ1v) is 8.68. The number of H-pyrrole nitrogens is 1. The Kier molecular flexibility index (Phi) is 4.44. The first-order valence-electron chi connectivity index (χ1n) is 8.68. The Morgan fingerprint density at radius 1 is 0.962 bits per heavy atom. The van der Waals surface area contributed by atoms with Crippen LogP contribution in [0.15, 0.2) is 60.9 Å². The van der Waals surface area contributed by atoms with Crippen molar-refractivity contribution in [3.05, 3.63) is 72.3 Å². The molecule has 0 saturated carbocycles. The molecule has 0 amide bonds. The molecule has 26 heavy (non-hydrogen) atoms. The molecule has 2 atom stereocenters. The second-order valence-electron chi connectivity index (χ2n) is 6.45. The fraction of sp³-hybridized carbons (Fsp3) is 0.300. The summed E-state index contributed by atoms with van der Waals surface area (Å²) in [5.41, 5.74) is 0.922. The summed E-state index contributed by atoms with van der Waals surface area (Å²) in [5.74, 6) is 1.39. The lowest BCUT2D eigenvalue weighted by atomic mass is 10.0. The normalized spacial score (nSPS) is 25.3. The summed E-state index contributed by atoms with van der Waals surface area (Å²) < 4.78 is 18.3. The zero-order valence-corrected chi connectivity index (χ0v) is 14.8. The molecule has 6 heteroatoms. The number of aromatic amines is 1. The number of benzene rings is 2. The average Bonchev–Trinajstić information content (AvgIpc) is 3.25. The van der Waals surface area contributed by atoms with E-state index in [0.717, 1.165) is 22.9 Å². The molecule has 2 unspecified atom stereocenters. The highest BCUT2D eigenvalue weighted by molar-refractivity contribution is 5.35. The van der Waals surface area contributed by atoms with Crippen LogP contribution in [0.25, 0.3) is 0 Å². The molecule has 4 rings (SSSR count). The van der Waals surface area contributed by atoms with Crippen molar-refractivity contribution in [2.75, 3.05) is 0 Å². The minimum absolute atomic E-state index is 0.0156. The van der Waals surface area contributed by atoms with Gasteiger partial charge in [0, 0.05) is 5.56 Å². The summed E-state index contributed by atoms with van der Waals surface area (Å²) in [7, 11) is 0. The van der Waals surface area contributed by atoms with Crippen LogP contribution in [-0.4, -0.2) is 27.4 Å². The van der Waals surface area contributed by atoms with E-state index in [1.165, 1.54) is 6.33 Å². The van der Waals surface area contributed by atoms with Crippen LogP contribution >= 0.6 is 0 Å². The van der Waals surface area contributed by atoms with Crippen molar-refractivity contribution in [2.45, 2.75) is 38.3 Å². The molecule has 1 aliphatic rings. The highest BCUT2D eigenvalue weighted by atomic mass is 16.8. The van der Waals surface area contributed by atoms with E-state index in [0.29, 0.717) is 6.42 Å². The Hall–Kier alpha value is -2.70. The van der Waals surface area contributed by atoms with E-state index in [-0.39, 0.29) is 12.2 Å². The van der Waals surface area contributed by atoms with Crippen molar-refractivity contribution in [3.63, 3.8) is 0 Å². The molecule has 1 fully saturated rings. The summed E-state index contributed by atoms with van der Waals surface area (Å²) >= 11 is 0. The van der Waals surface area contributed by atoms with Crippen LogP contribution in [0.4, 0.5) is 0 Å². The highest BCUT2D eigenvalue weighted by Gasteiger charge is 2.46. The monoisotopic (exact) mass is 351 g/mol. The second-order valence-corrected chi connectivity index (χ2v) is 6.45. The molecular formula is C20H21N3O3. The van der Waals surface area contributed by atoms with Crippen molar-refractivity contribution in [1.82, 2.24) is 15.2 Å². The van der Waals surface area contributed by atoms with Crippen LogP contribution < -0.4 is 4.74 Å². The van der Waals surface area contributed by atoms with Crippen LogP contribution in [0.3, 0.4) is 0 Å². The lowest BCUT2D eigenvalue weighted by molar-refractivity contribution is -0.182. The maximum Gasteiger partial charge on any atom is 0.202 e. The molecule has 134 valence electrons. The van der Waals surface area contributed by atoms with E-state index in [1.807, 2.05) is 68.4 Å². The molecule has 1 N–H and O–H groups in total. The summed E-state index contributed by atoms with van der Waals surface area (Å²) in [4.78, 5) is 4.22. The predicted octanol–water partition coefficient (Wildman–Crippen LogP) is 3.82. The number of hydrogen-bond acceptors (Lipinski definition) is 5. The molecule has 0 aliphatic carbocycles. The average molecular weight is 351 g/mol.